The molecule has 1 heterocycles. The highest BCUT2D eigenvalue weighted by atomic mass is 16.2. The number of nitrogens with two attached hydrogens (primary N) is 1. The quantitative estimate of drug-likeness (QED) is 0.764. The Balaban J connectivity index is 1.94. The van der Waals surface area contributed by atoms with Gasteiger partial charge in [-0.05, 0) is 50.6 Å². The molecule has 1 aliphatic heterocycles. The Morgan fingerprint density at radius 3 is 2.37 bits per heavy atom. The molecule has 2 rings (SSSR count). The summed E-state index contributed by atoms with van der Waals surface area (Å²) in [5, 5.41) is 3.20. The third kappa shape index (κ3) is 3.93. The van der Waals surface area contributed by atoms with Gasteiger partial charge in [0.2, 0.25) is 5.91 Å². The first kappa shape index (κ1) is 14.8. The van der Waals surface area contributed by atoms with Crippen LogP contribution < -0.4 is 11.1 Å². The predicted molar refractivity (Wildman–Crippen MR) is 77.8 cm³/mol. The van der Waals surface area contributed by atoms with Gasteiger partial charge in [0, 0.05) is 12.6 Å². The maximum Gasteiger partial charge on any atom is 0.237 e. The second kappa shape index (κ2) is 6.71. The lowest BCUT2D eigenvalue weighted by molar-refractivity contribution is -0.129. The fourth-order valence-corrected chi connectivity index (χ4v) is 3.22. The summed E-state index contributed by atoms with van der Waals surface area (Å²) in [4.78, 5) is 14.9. The van der Waals surface area contributed by atoms with E-state index in [0.29, 0.717) is 18.4 Å². The van der Waals surface area contributed by atoms with Crippen molar-refractivity contribution >= 4 is 5.91 Å². The number of carbonyl (C=O) groups is 1. The van der Waals surface area contributed by atoms with Gasteiger partial charge in [-0.2, -0.15) is 0 Å². The first-order valence-electron chi connectivity index (χ1n) is 7.88. The average molecular weight is 267 g/mol. The van der Waals surface area contributed by atoms with Gasteiger partial charge < -0.3 is 11.1 Å². The number of hydrogen-bond acceptors (Lipinski definition) is 3. The highest BCUT2D eigenvalue weighted by molar-refractivity contribution is 5.82. The number of rotatable bonds is 6. The molecule has 2 atom stereocenters. The molecule has 110 valence electrons. The Morgan fingerprint density at radius 1 is 1.26 bits per heavy atom. The summed E-state index contributed by atoms with van der Waals surface area (Å²) in [7, 11) is 0. The molecule has 4 nitrogen and oxygen atoms in total. The van der Waals surface area contributed by atoms with Crippen molar-refractivity contribution in [3.05, 3.63) is 0 Å². The van der Waals surface area contributed by atoms with Gasteiger partial charge >= 0.3 is 0 Å². The molecule has 1 saturated heterocycles. The molecule has 3 N–H and O–H groups in total. The summed E-state index contributed by atoms with van der Waals surface area (Å²) in [6.07, 6.45) is 6.19. The van der Waals surface area contributed by atoms with Crippen LogP contribution in [0.4, 0.5) is 0 Å². The number of nitrogens with zero attached hydrogens (tertiary/aromatic N) is 1. The third-order valence-corrected chi connectivity index (χ3v) is 4.46. The largest absolute Gasteiger partial charge is 0.350 e. The SMILES string of the molecule is CC(C)C(C(=O)NC(CN)C1CC1)N1CCCCC1. The van der Waals surface area contributed by atoms with Crippen LogP contribution in [0.5, 0.6) is 0 Å². The lowest BCUT2D eigenvalue weighted by Crippen LogP contribution is -2.55. The molecule has 0 bridgehead atoms. The molecule has 1 saturated carbocycles. The first-order valence-corrected chi connectivity index (χ1v) is 7.88. The molecule has 1 aliphatic carbocycles. The van der Waals surface area contributed by atoms with E-state index >= 15 is 0 Å². The summed E-state index contributed by atoms with van der Waals surface area (Å²) in [5.74, 6) is 1.18. The Bertz CT molecular complexity index is 296. The van der Waals surface area contributed by atoms with E-state index in [9.17, 15) is 4.79 Å². The summed E-state index contributed by atoms with van der Waals surface area (Å²) in [6, 6.07) is 0.214. The summed E-state index contributed by atoms with van der Waals surface area (Å²) < 4.78 is 0. The maximum atomic E-state index is 12.6. The fourth-order valence-electron chi connectivity index (χ4n) is 3.22. The van der Waals surface area contributed by atoms with Crippen LogP contribution in [0.3, 0.4) is 0 Å². The maximum absolute atomic E-state index is 12.6. The second-order valence-corrected chi connectivity index (χ2v) is 6.47. The van der Waals surface area contributed by atoms with Gasteiger partial charge in [0.05, 0.1) is 6.04 Å². The molecule has 19 heavy (non-hydrogen) atoms. The molecule has 2 fully saturated rings. The minimum Gasteiger partial charge on any atom is -0.350 e. The van der Waals surface area contributed by atoms with Crippen LogP contribution in [0.1, 0.15) is 46.0 Å². The van der Waals surface area contributed by atoms with Crippen molar-refractivity contribution < 1.29 is 4.79 Å². The number of hydrogen-bond donors (Lipinski definition) is 2. The molecule has 1 amide bonds. The number of likely N-dealkylation sites (tertiary alicyclic amines) is 1. The van der Waals surface area contributed by atoms with Crippen molar-refractivity contribution in [3.63, 3.8) is 0 Å². The van der Waals surface area contributed by atoms with Gasteiger partial charge in [-0.25, -0.2) is 0 Å². The first-order chi connectivity index (χ1) is 9.13. The summed E-state index contributed by atoms with van der Waals surface area (Å²) in [5.41, 5.74) is 5.79. The molecule has 2 unspecified atom stereocenters. The summed E-state index contributed by atoms with van der Waals surface area (Å²) in [6.45, 7) is 6.99. The fraction of sp³-hybridized carbons (Fsp3) is 0.933. The van der Waals surface area contributed by atoms with Gasteiger partial charge in [-0.3, -0.25) is 9.69 Å². The zero-order chi connectivity index (χ0) is 13.8. The lowest BCUT2D eigenvalue weighted by Gasteiger charge is -2.36. The molecule has 0 aromatic carbocycles. The molecule has 0 spiro atoms. The topological polar surface area (TPSA) is 58.4 Å². The number of amides is 1. The predicted octanol–water partition coefficient (Wildman–Crippen LogP) is 1.35. The molecular formula is C15H29N3O. The number of carbonyl (C=O) groups excluding carboxylic acids is 1. The van der Waals surface area contributed by atoms with Crippen LogP contribution in [0.2, 0.25) is 0 Å². The second-order valence-electron chi connectivity index (χ2n) is 6.47. The highest BCUT2D eigenvalue weighted by Gasteiger charge is 2.35. The van der Waals surface area contributed by atoms with Crippen molar-refractivity contribution in [3.8, 4) is 0 Å². The molecule has 0 aromatic rings. The highest BCUT2D eigenvalue weighted by Crippen LogP contribution is 2.32. The molecular weight excluding hydrogens is 238 g/mol. The van der Waals surface area contributed by atoms with E-state index in [1.165, 1.54) is 32.1 Å². The van der Waals surface area contributed by atoms with Crippen molar-refractivity contribution in [2.75, 3.05) is 19.6 Å². The number of nitrogens with one attached hydrogen (secondary N) is 1. The normalized spacial score (nSPS) is 24.2. The number of piperidine rings is 1. The van der Waals surface area contributed by atoms with Crippen molar-refractivity contribution in [1.82, 2.24) is 10.2 Å². The average Bonchev–Trinajstić information content (AvgIpc) is 3.21. The molecule has 0 aromatic heterocycles. The van der Waals surface area contributed by atoms with E-state index in [4.69, 9.17) is 5.73 Å². The minimum absolute atomic E-state index is 0.0214. The zero-order valence-corrected chi connectivity index (χ0v) is 12.4. The third-order valence-electron chi connectivity index (χ3n) is 4.46. The van der Waals surface area contributed by atoms with Crippen LogP contribution in [0.25, 0.3) is 0 Å². The van der Waals surface area contributed by atoms with Crippen molar-refractivity contribution in [1.29, 1.82) is 0 Å². The van der Waals surface area contributed by atoms with E-state index in [2.05, 4.69) is 24.1 Å². The van der Waals surface area contributed by atoms with E-state index in [0.717, 1.165) is 13.1 Å². The van der Waals surface area contributed by atoms with Gasteiger partial charge in [0.25, 0.3) is 0 Å². The van der Waals surface area contributed by atoms with E-state index < -0.39 is 0 Å². The molecule has 0 radical (unpaired) electrons. The van der Waals surface area contributed by atoms with Gasteiger partial charge in [-0.15, -0.1) is 0 Å². The molecule has 4 heteroatoms. The van der Waals surface area contributed by atoms with Crippen LogP contribution >= 0.6 is 0 Å². The van der Waals surface area contributed by atoms with Crippen molar-refractivity contribution in [2.45, 2.75) is 58.0 Å². The minimum atomic E-state index is 0.0214. The standard InChI is InChI=1S/C15H29N3O/c1-11(2)14(18-8-4-3-5-9-18)15(19)17-13(10-16)12-6-7-12/h11-14H,3-10,16H2,1-2H3,(H,17,19). The van der Waals surface area contributed by atoms with Gasteiger partial charge in [-0.1, -0.05) is 20.3 Å². The summed E-state index contributed by atoms with van der Waals surface area (Å²) >= 11 is 0. The monoisotopic (exact) mass is 267 g/mol. The Labute approximate surface area is 117 Å². The van der Waals surface area contributed by atoms with Gasteiger partial charge in [0.1, 0.15) is 0 Å². The van der Waals surface area contributed by atoms with Crippen LogP contribution in [-0.4, -0.2) is 42.5 Å². The zero-order valence-electron chi connectivity index (χ0n) is 12.4. The van der Waals surface area contributed by atoms with E-state index in [1.807, 2.05) is 0 Å². The van der Waals surface area contributed by atoms with Crippen LogP contribution in [0.15, 0.2) is 0 Å². The van der Waals surface area contributed by atoms with Gasteiger partial charge in [0.15, 0.2) is 0 Å². The Hall–Kier alpha value is -0.610. The Kier molecular flexibility index (Phi) is 5.22. The lowest BCUT2D eigenvalue weighted by atomic mass is 9.98. The Morgan fingerprint density at radius 2 is 1.89 bits per heavy atom. The smallest absolute Gasteiger partial charge is 0.237 e. The van der Waals surface area contributed by atoms with Crippen LogP contribution in [0, 0.1) is 11.8 Å². The molecule has 2 aliphatic rings. The van der Waals surface area contributed by atoms with Crippen molar-refractivity contribution in [2.24, 2.45) is 17.6 Å². The van der Waals surface area contributed by atoms with E-state index in [1.54, 1.807) is 0 Å². The van der Waals surface area contributed by atoms with E-state index in [-0.39, 0.29) is 18.0 Å². The van der Waals surface area contributed by atoms with Crippen LogP contribution in [-0.2, 0) is 4.79 Å².